The molecule has 0 radical (unpaired) electrons. The molecular formula is C16H29N5O7. The van der Waals surface area contributed by atoms with E-state index >= 15 is 0 Å². The van der Waals surface area contributed by atoms with E-state index in [2.05, 4.69) is 16.0 Å². The monoisotopic (exact) mass is 403 g/mol. The summed E-state index contributed by atoms with van der Waals surface area (Å²) in [7, 11) is 0. The van der Waals surface area contributed by atoms with Crippen molar-refractivity contribution in [3.63, 3.8) is 0 Å². The minimum absolute atomic E-state index is 0.153. The van der Waals surface area contributed by atoms with Gasteiger partial charge in [-0.1, -0.05) is 13.8 Å². The summed E-state index contributed by atoms with van der Waals surface area (Å²) in [5, 5.41) is 25.1. The number of hydrogen-bond acceptors (Lipinski definition) is 7. The second-order valence-corrected chi connectivity index (χ2v) is 6.65. The largest absolute Gasteiger partial charge is 0.480 e. The Morgan fingerprint density at radius 2 is 1.43 bits per heavy atom. The molecule has 12 nitrogen and oxygen atoms in total. The highest BCUT2D eigenvalue weighted by Crippen LogP contribution is 2.00. The van der Waals surface area contributed by atoms with Gasteiger partial charge in [-0.25, -0.2) is 4.79 Å². The highest BCUT2D eigenvalue weighted by atomic mass is 16.4. The number of carbonyl (C=O) groups excluding carboxylic acids is 4. The average molecular weight is 403 g/mol. The van der Waals surface area contributed by atoms with Crippen LogP contribution in [0.5, 0.6) is 0 Å². The average Bonchev–Trinajstić information content (AvgIpc) is 2.60. The second-order valence-electron chi connectivity index (χ2n) is 6.65. The van der Waals surface area contributed by atoms with Crippen LogP contribution in [0.3, 0.4) is 0 Å². The molecule has 0 rings (SSSR count). The van der Waals surface area contributed by atoms with Crippen molar-refractivity contribution in [3.05, 3.63) is 0 Å². The predicted octanol–water partition coefficient (Wildman–Crippen LogP) is -3.21. The number of aliphatic hydroxyl groups is 1. The molecule has 9 N–H and O–H groups in total. The first kappa shape index (κ1) is 25.3. The third kappa shape index (κ3) is 8.77. The molecule has 12 heteroatoms. The van der Waals surface area contributed by atoms with Gasteiger partial charge >= 0.3 is 5.97 Å². The summed E-state index contributed by atoms with van der Waals surface area (Å²) in [6.07, 6.45) is -0.519. The van der Waals surface area contributed by atoms with Crippen LogP contribution in [0.1, 0.15) is 33.6 Å². The topological polar surface area (TPSA) is 214 Å². The first-order valence-electron chi connectivity index (χ1n) is 8.69. The van der Waals surface area contributed by atoms with Crippen LogP contribution in [0.4, 0.5) is 0 Å². The SMILES string of the molecule is CC(NC(=O)C(N)C(C)C)C(=O)NC(CO)C(=O)NC(CCC(N)=O)C(=O)O. The van der Waals surface area contributed by atoms with Crippen LogP contribution in [-0.2, 0) is 24.0 Å². The van der Waals surface area contributed by atoms with Gasteiger partial charge in [0.2, 0.25) is 23.6 Å². The van der Waals surface area contributed by atoms with Crippen molar-refractivity contribution in [2.24, 2.45) is 17.4 Å². The van der Waals surface area contributed by atoms with Crippen molar-refractivity contribution < 1.29 is 34.2 Å². The smallest absolute Gasteiger partial charge is 0.326 e. The van der Waals surface area contributed by atoms with E-state index in [1.165, 1.54) is 6.92 Å². The number of carboxylic acid groups (broad SMARTS) is 1. The number of nitrogens with one attached hydrogen (secondary N) is 3. The van der Waals surface area contributed by atoms with E-state index in [4.69, 9.17) is 16.6 Å². The van der Waals surface area contributed by atoms with Crippen LogP contribution in [0, 0.1) is 5.92 Å². The Labute approximate surface area is 162 Å². The first-order chi connectivity index (χ1) is 12.9. The Balaban J connectivity index is 4.85. The molecule has 4 atom stereocenters. The molecule has 0 heterocycles. The van der Waals surface area contributed by atoms with Gasteiger partial charge in [-0.15, -0.1) is 0 Å². The van der Waals surface area contributed by atoms with E-state index < -0.39 is 60.4 Å². The number of carboxylic acids is 1. The molecule has 4 unspecified atom stereocenters. The third-order valence-corrected chi connectivity index (χ3v) is 3.88. The van der Waals surface area contributed by atoms with Gasteiger partial charge in [-0.05, 0) is 19.3 Å². The molecular weight excluding hydrogens is 374 g/mol. The predicted molar refractivity (Wildman–Crippen MR) is 97.4 cm³/mol. The lowest BCUT2D eigenvalue weighted by atomic mass is 10.0. The van der Waals surface area contributed by atoms with Crippen molar-refractivity contribution in [2.75, 3.05) is 6.61 Å². The molecule has 0 aromatic rings. The minimum Gasteiger partial charge on any atom is -0.480 e. The minimum atomic E-state index is -1.46. The Morgan fingerprint density at radius 1 is 0.893 bits per heavy atom. The molecule has 160 valence electrons. The van der Waals surface area contributed by atoms with Gasteiger partial charge in [0.15, 0.2) is 0 Å². The van der Waals surface area contributed by atoms with E-state index in [1.54, 1.807) is 13.8 Å². The quantitative estimate of drug-likeness (QED) is 0.175. The molecule has 0 aromatic carbocycles. The highest BCUT2D eigenvalue weighted by molar-refractivity contribution is 5.94. The second kappa shape index (κ2) is 11.9. The molecule has 0 aromatic heterocycles. The summed E-state index contributed by atoms with van der Waals surface area (Å²) in [4.78, 5) is 58.1. The third-order valence-electron chi connectivity index (χ3n) is 3.88. The summed E-state index contributed by atoms with van der Waals surface area (Å²) < 4.78 is 0. The number of amides is 4. The van der Waals surface area contributed by atoms with Crippen LogP contribution in [0.25, 0.3) is 0 Å². The van der Waals surface area contributed by atoms with Gasteiger partial charge in [-0.3, -0.25) is 19.2 Å². The van der Waals surface area contributed by atoms with E-state index in [-0.39, 0.29) is 18.8 Å². The van der Waals surface area contributed by atoms with Crippen LogP contribution in [-0.4, -0.2) is 70.6 Å². The lowest BCUT2D eigenvalue weighted by molar-refractivity contribution is -0.143. The molecule has 0 saturated heterocycles. The zero-order valence-corrected chi connectivity index (χ0v) is 16.1. The maximum Gasteiger partial charge on any atom is 0.326 e. The van der Waals surface area contributed by atoms with Gasteiger partial charge in [0, 0.05) is 6.42 Å². The number of rotatable bonds is 12. The molecule has 4 amide bonds. The lowest BCUT2D eigenvalue weighted by Gasteiger charge is -2.23. The zero-order chi connectivity index (χ0) is 22.0. The van der Waals surface area contributed by atoms with E-state index in [0.29, 0.717) is 0 Å². The zero-order valence-electron chi connectivity index (χ0n) is 16.1. The molecule has 0 aliphatic heterocycles. The Hall–Kier alpha value is -2.73. The van der Waals surface area contributed by atoms with Crippen LogP contribution in [0.2, 0.25) is 0 Å². The summed E-state index contributed by atoms with van der Waals surface area (Å²) >= 11 is 0. The van der Waals surface area contributed by atoms with Gasteiger partial charge in [0.25, 0.3) is 0 Å². The molecule has 0 spiro atoms. The van der Waals surface area contributed by atoms with Crippen molar-refractivity contribution in [1.29, 1.82) is 0 Å². The maximum atomic E-state index is 12.1. The van der Waals surface area contributed by atoms with E-state index in [9.17, 15) is 29.1 Å². The van der Waals surface area contributed by atoms with Gasteiger partial charge in [-0.2, -0.15) is 0 Å². The van der Waals surface area contributed by atoms with E-state index in [1.807, 2.05) is 0 Å². The van der Waals surface area contributed by atoms with Crippen LogP contribution >= 0.6 is 0 Å². The number of carbonyl (C=O) groups is 5. The van der Waals surface area contributed by atoms with Crippen molar-refractivity contribution in [3.8, 4) is 0 Å². The summed E-state index contributed by atoms with van der Waals surface area (Å²) in [5.41, 5.74) is 10.6. The summed E-state index contributed by atoms with van der Waals surface area (Å²) in [6.45, 7) is 4.02. The molecule has 0 aliphatic carbocycles. The fourth-order valence-corrected chi connectivity index (χ4v) is 1.99. The van der Waals surface area contributed by atoms with Crippen molar-refractivity contribution in [2.45, 2.75) is 57.8 Å². The number of primary amides is 1. The van der Waals surface area contributed by atoms with Gasteiger partial charge < -0.3 is 37.6 Å². The molecule has 28 heavy (non-hydrogen) atoms. The number of nitrogens with two attached hydrogens (primary N) is 2. The van der Waals surface area contributed by atoms with Crippen LogP contribution < -0.4 is 27.4 Å². The summed E-state index contributed by atoms with van der Waals surface area (Å²) in [6, 6.07) is -4.76. The highest BCUT2D eigenvalue weighted by Gasteiger charge is 2.28. The molecule has 0 bridgehead atoms. The molecule has 0 saturated carbocycles. The van der Waals surface area contributed by atoms with E-state index in [0.717, 1.165) is 0 Å². The fourth-order valence-electron chi connectivity index (χ4n) is 1.99. The lowest BCUT2D eigenvalue weighted by Crippen LogP contribution is -2.57. The number of aliphatic carboxylic acids is 1. The Bertz CT molecular complexity index is 596. The maximum absolute atomic E-state index is 12.1. The Morgan fingerprint density at radius 3 is 1.86 bits per heavy atom. The van der Waals surface area contributed by atoms with Gasteiger partial charge in [0.1, 0.15) is 18.1 Å². The Kier molecular flexibility index (Phi) is 10.7. The first-order valence-corrected chi connectivity index (χ1v) is 8.69. The fraction of sp³-hybridized carbons (Fsp3) is 0.688. The standard InChI is InChI=1S/C16H29N5O7/c1-7(2)12(18)15(26)19-8(3)13(24)21-10(6-22)14(25)20-9(16(27)28)4-5-11(17)23/h7-10,12,22H,4-6,18H2,1-3H3,(H2,17,23)(H,19,26)(H,20,25)(H,21,24)(H,27,28). The number of aliphatic hydroxyl groups excluding tert-OH is 1. The normalized spacial score (nSPS) is 15.1. The molecule has 0 aliphatic rings. The number of hydrogen-bond donors (Lipinski definition) is 7. The van der Waals surface area contributed by atoms with Crippen molar-refractivity contribution in [1.82, 2.24) is 16.0 Å². The van der Waals surface area contributed by atoms with Crippen molar-refractivity contribution >= 4 is 29.6 Å². The molecule has 0 fully saturated rings. The summed E-state index contributed by atoms with van der Waals surface area (Å²) in [5.74, 6) is -4.59. The van der Waals surface area contributed by atoms with Gasteiger partial charge in [0.05, 0.1) is 12.6 Å². The van der Waals surface area contributed by atoms with Crippen LogP contribution in [0.15, 0.2) is 0 Å².